The lowest BCUT2D eigenvalue weighted by Gasteiger charge is -2.25. The summed E-state index contributed by atoms with van der Waals surface area (Å²) in [6.07, 6.45) is 0.289. The minimum atomic E-state index is -0.391. The number of nitrogens with zero attached hydrogens (tertiary/aromatic N) is 3. The van der Waals surface area contributed by atoms with Gasteiger partial charge in [-0.25, -0.2) is 9.78 Å². The largest absolute Gasteiger partial charge is 0.456 e. The predicted molar refractivity (Wildman–Crippen MR) is 131 cm³/mol. The van der Waals surface area contributed by atoms with Crippen molar-refractivity contribution in [1.29, 1.82) is 0 Å². The maximum absolute atomic E-state index is 12.8. The number of anilines is 1. The van der Waals surface area contributed by atoms with Gasteiger partial charge in [0, 0.05) is 35.9 Å². The Morgan fingerprint density at radius 3 is 2.53 bits per heavy atom. The number of hydrogen-bond donors (Lipinski definition) is 2. The van der Waals surface area contributed by atoms with Crippen LogP contribution in [0, 0.1) is 18.8 Å². The standard InChI is InChI=1S/C27H28N4O3/c1-17-13-24(31-25(28-17)15-22(30-31)19-9-5-3-6-10-19)29-23-14-21(16-32)18(2)26(23)34-27(33)20-11-7-4-8-12-20/h3-13,15,18,21,23,26,29,32H,14,16H2,1-2H3/t18-,21-,23-,26-/m1/s1. The highest BCUT2D eigenvalue weighted by atomic mass is 16.5. The number of aliphatic hydroxyl groups is 1. The van der Waals surface area contributed by atoms with E-state index in [2.05, 4.69) is 10.3 Å². The van der Waals surface area contributed by atoms with Gasteiger partial charge < -0.3 is 15.2 Å². The SMILES string of the molecule is Cc1cc(N[C@@H]2C[C@H](CO)[C@@H](C)[C@H]2OC(=O)c2ccccc2)n2nc(-c3ccccc3)cc2n1. The third-order valence-corrected chi connectivity index (χ3v) is 6.66. The molecule has 0 amide bonds. The minimum Gasteiger partial charge on any atom is -0.456 e. The molecule has 1 aliphatic rings. The van der Waals surface area contributed by atoms with E-state index in [9.17, 15) is 9.90 Å². The summed E-state index contributed by atoms with van der Waals surface area (Å²) in [5.41, 5.74) is 3.96. The number of carbonyl (C=O) groups excluding carboxylic acids is 1. The summed E-state index contributed by atoms with van der Waals surface area (Å²) in [5.74, 6) is 0.457. The van der Waals surface area contributed by atoms with Crippen molar-refractivity contribution in [3.63, 3.8) is 0 Å². The molecule has 1 fully saturated rings. The smallest absolute Gasteiger partial charge is 0.338 e. The van der Waals surface area contributed by atoms with Crippen LogP contribution in [0.15, 0.2) is 72.8 Å². The fraction of sp³-hybridized carbons (Fsp3) is 0.296. The molecule has 0 radical (unpaired) electrons. The normalized spacial score (nSPS) is 22.1. The van der Waals surface area contributed by atoms with Gasteiger partial charge in [0.15, 0.2) is 5.65 Å². The van der Waals surface area contributed by atoms with Crippen molar-refractivity contribution in [2.24, 2.45) is 11.8 Å². The number of aliphatic hydroxyl groups excluding tert-OH is 1. The molecule has 7 nitrogen and oxygen atoms in total. The average molecular weight is 457 g/mol. The summed E-state index contributed by atoms with van der Waals surface area (Å²) >= 11 is 0. The van der Waals surface area contributed by atoms with Gasteiger partial charge in [0.25, 0.3) is 0 Å². The summed E-state index contributed by atoms with van der Waals surface area (Å²) in [7, 11) is 0. The first-order valence-electron chi connectivity index (χ1n) is 11.6. The summed E-state index contributed by atoms with van der Waals surface area (Å²) in [4.78, 5) is 17.5. The number of fused-ring (bicyclic) bond motifs is 1. The zero-order chi connectivity index (χ0) is 23.7. The van der Waals surface area contributed by atoms with E-state index in [1.165, 1.54) is 0 Å². The van der Waals surface area contributed by atoms with Crippen LogP contribution in [0.1, 0.15) is 29.4 Å². The van der Waals surface area contributed by atoms with Crippen LogP contribution in [0.3, 0.4) is 0 Å². The number of hydrogen-bond acceptors (Lipinski definition) is 6. The Balaban J connectivity index is 1.46. The third-order valence-electron chi connectivity index (χ3n) is 6.66. The first kappa shape index (κ1) is 22.1. The molecule has 0 saturated heterocycles. The van der Waals surface area contributed by atoms with Crippen molar-refractivity contribution >= 4 is 17.4 Å². The first-order chi connectivity index (χ1) is 16.5. The minimum absolute atomic E-state index is 0.00564. The predicted octanol–water partition coefficient (Wildman–Crippen LogP) is 4.36. The second kappa shape index (κ2) is 9.27. The molecular weight excluding hydrogens is 428 g/mol. The number of benzene rings is 2. The van der Waals surface area contributed by atoms with E-state index in [1.807, 2.05) is 74.5 Å². The number of nitrogens with one attached hydrogen (secondary N) is 1. The second-order valence-electron chi connectivity index (χ2n) is 8.97. The maximum Gasteiger partial charge on any atom is 0.338 e. The maximum atomic E-state index is 12.8. The highest BCUT2D eigenvalue weighted by Gasteiger charge is 2.43. The number of carbonyl (C=O) groups is 1. The van der Waals surface area contributed by atoms with Crippen molar-refractivity contribution in [1.82, 2.24) is 14.6 Å². The van der Waals surface area contributed by atoms with Gasteiger partial charge in [0.1, 0.15) is 11.9 Å². The Hall–Kier alpha value is -3.71. The van der Waals surface area contributed by atoms with Crippen molar-refractivity contribution in [2.75, 3.05) is 11.9 Å². The molecule has 2 aromatic carbocycles. The van der Waals surface area contributed by atoms with Gasteiger partial charge in [-0.1, -0.05) is 55.5 Å². The molecule has 1 saturated carbocycles. The topological polar surface area (TPSA) is 88.8 Å². The van der Waals surface area contributed by atoms with Crippen molar-refractivity contribution in [2.45, 2.75) is 32.4 Å². The van der Waals surface area contributed by atoms with Crippen LogP contribution < -0.4 is 5.32 Å². The van der Waals surface area contributed by atoms with Crippen LogP contribution in [0.5, 0.6) is 0 Å². The lowest BCUT2D eigenvalue weighted by atomic mass is 9.98. The number of ether oxygens (including phenoxy) is 1. The van der Waals surface area contributed by atoms with Crippen LogP contribution in [0.2, 0.25) is 0 Å². The van der Waals surface area contributed by atoms with E-state index < -0.39 is 6.10 Å². The summed E-state index contributed by atoms with van der Waals surface area (Å²) < 4.78 is 7.78. The lowest BCUT2D eigenvalue weighted by Crippen LogP contribution is -2.36. The molecule has 1 aliphatic carbocycles. The van der Waals surface area contributed by atoms with E-state index in [0.29, 0.717) is 12.0 Å². The molecule has 174 valence electrons. The monoisotopic (exact) mass is 456 g/mol. The second-order valence-corrected chi connectivity index (χ2v) is 8.97. The fourth-order valence-electron chi connectivity index (χ4n) is 4.79. The Kier molecular flexibility index (Phi) is 6.02. The van der Waals surface area contributed by atoms with Crippen LogP contribution in [0.25, 0.3) is 16.9 Å². The van der Waals surface area contributed by atoms with E-state index in [1.54, 1.807) is 16.6 Å². The number of rotatable bonds is 6. The quantitative estimate of drug-likeness (QED) is 0.419. The molecule has 0 bridgehead atoms. The van der Waals surface area contributed by atoms with Gasteiger partial charge in [0.2, 0.25) is 0 Å². The molecule has 34 heavy (non-hydrogen) atoms. The zero-order valence-corrected chi connectivity index (χ0v) is 19.3. The van der Waals surface area contributed by atoms with Crippen LogP contribution >= 0.6 is 0 Å². The third kappa shape index (κ3) is 4.26. The summed E-state index contributed by atoms with van der Waals surface area (Å²) in [5, 5.41) is 18.3. The average Bonchev–Trinajstić information content (AvgIpc) is 3.41. The number of esters is 1. The highest BCUT2D eigenvalue weighted by Crippen LogP contribution is 2.36. The molecule has 2 aromatic heterocycles. The van der Waals surface area contributed by atoms with Gasteiger partial charge in [0.05, 0.1) is 17.3 Å². The lowest BCUT2D eigenvalue weighted by molar-refractivity contribution is 0.0154. The number of aryl methyl sites for hydroxylation is 1. The Bertz CT molecular complexity index is 1290. The molecule has 4 aromatic rings. The zero-order valence-electron chi connectivity index (χ0n) is 19.3. The van der Waals surface area contributed by atoms with E-state index >= 15 is 0 Å². The molecular formula is C27H28N4O3. The van der Waals surface area contributed by atoms with Crippen LogP contribution in [0.4, 0.5) is 5.82 Å². The van der Waals surface area contributed by atoms with Gasteiger partial charge in [-0.05, 0) is 31.4 Å². The van der Waals surface area contributed by atoms with Crippen LogP contribution in [-0.2, 0) is 4.74 Å². The Morgan fingerprint density at radius 1 is 1.12 bits per heavy atom. The van der Waals surface area contributed by atoms with E-state index in [0.717, 1.165) is 28.4 Å². The van der Waals surface area contributed by atoms with Crippen molar-refractivity contribution < 1.29 is 14.6 Å². The van der Waals surface area contributed by atoms with E-state index in [4.69, 9.17) is 9.84 Å². The molecule has 0 aliphatic heterocycles. The molecule has 0 spiro atoms. The number of aromatic nitrogens is 3. The van der Waals surface area contributed by atoms with Gasteiger partial charge in [-0.2, -0.15) is 9.61 Å². The molecule has 0 unspecified atom stereocenters. The highest BCUT2D eigenvalue weighted by molar-refractivity contribution is 5.89. The molecule has 2 N–H and O–H groups in total. The summed E-state index contributed by atoms with van der Waals surface area (Å²) in [6, 6.07) is 22.7. The molecule has 2 heterocycles. The van der Waals surface area contributed by atoms with Crippen LogP contribution in [-0.4, -0.2) is 44.4 Å². The Labute approximate surface area is 198 Å². The fourth-order valence-corrected chi connectivity index (χ4v) is 4.79. The van der Waals surface area contributed by atoms with E-state index in [-0.39, 0.29) is 30.5 Å². The molecule has 7 heteroatoms. The van der Waals surface area contributed by atoms with Crippen molar-refractivity contribution in [3.8, 4) is 11.3 Å². The van der Waals surface area contributed by atoms with Crippen molar-refractivity contribution in [3.05, 3.63) is 84.1 Å². The van der Waals surface area contributed by atoms with Gasteiger partial charge in [-0.3, -0.25) is 0 Å². The van der Waals surface area contributed by atoms with Gasteiger partial charge in [-0.15, -0.1) is 0 Å². The van der Waals surface area contributed by atoms with Gasteiger partial charge >= 0.3 is 5.97 Å². The molecule has 4 atom stereocenters. The summed E-state index contributed by atoms with van der Waals surface area (Å²) in [6.45, 7) is 4.02. The molecule has 5 rings (SSSR count). The first-order valence-corrected chi connectivity index (χ1v) is 11.6. The Morgan fingerprint density at radius 2 is 1.82 bits per heavy atom.